The van der Waals surface area contributed by atoms with E-state index in [4.69, 9.17) is 0 Å². The van der Waals surface area contributed by atoms with Crippen LogP contribution in [0.4, 0.5) is 11.4 Å². The molecule has 6 nitrogen and oxygen atoms in total. The van der Waals surface area contributed by atoms with Crippen molar-refractivity contribution in [1.29, 1.82) is 0 Å². The highest BCUT2D eigenvalue weighted by atomic mass is 79.9. The SMILES string of the molecule is Cc1ccc(Br)cc1S(=O)(=O)N1CCCc2c(NS(C)(=O)=O)cccc21. The topological polar surface area (TPSA) is 83.6 Å². The molecule has 1 aliphatic heterocycles. The predicted molar refractivity (Wildman–Crippen MR) is 107 cm³/mol. The number of nitrogens with one attached hydrogen (secondary N) is 1. The van der Waals surface area contributed by atoms with Crippen LogP contribution in [0.2, 0.25) is 0 Å². The Bertz CT molecular complexity index is 1070. The molecule has 1 N–H and O–H groups in total. The highest BCUT2D eigenvalue weighted by Crippen LogP contribution is 2.37. The van der Waals surface area contributed by atoms with Crippen LogP contribution < -0.4 is 9.03 Å². The molecule has 0 unspecified atom stereocenters. The number of halogens is 1. The second-order valence-corrected chi connectivity index (χ2v) is 10.8. The molecule has 1 aliphatic rings. The van der Waals surface area contributed by atoms with Crippen LogP contribution in [0, 0.1) is 6.92 Å². The Balaban J connectivity index is 2.13. The van der Waals surface area contributed by atoms with Crippen LogP contribution in [0.1, 0.15) is 17.5 Å². The minimum absolute atomic E-state index is 0.237. The number of anilines is 2. The summed E-state index contributed by atoms with van der Waals surface area (Å²) in [4.78, 5) is 0.237. The van der Waals surface area contributed by atoms with E-state index in [1.165, 1.54) is 4.31 Å². The van der Waals surface area contributed by atoms with Gasteiger partial charge < -0.3 is 0 Å². The fourth-order valence-corrected chi connectivity index (χ4v) is 6.00. The van der Waals surface area contributed by atoms with Gasteiger partial charge >= 0.3 is 0 Å². The van der Waals surface area contributed by atoms with Gasteiger partial charge in [0.15, 0.2) is 0 Å². The standard InChI is InChI=1S/C17H19BrN2O4S2/c1-12-8-9-13(18)11-17(12)26(23,24)20-10-4-5-14-15(19-25(2,21)22)6-3-7-16(14)20/h3,6-9,11,19H,4-5,10H2,1-2H3. The highest BCUT2D eigenvalue weighted by molar-refractivity contribution is 9.10. The van der Waals surface area contributed by atoms with Gasteiger partial charge in [0.2, 0.25) is 10.0 Å². The molecule has 0 amide bonds. The van der Waals surface area contributed by atoms with Crippen LogP contribution in [-0.4, -0.2) is 29.6 Å². The average molecular weight is 459 g/mol. The van der Waals surface area contributed by atoms with Gasteiger partial charge in [0.25, 0.3) is 10.0 Å². The molecular weight excluding hydrogens is 440 g/mol. The summed E-state index contributed by atoms with van der Waals surface area (Å²) >= 11 is 3.33. The van der Waals surface area contributed by atoms with Crippen molar-refractivity contribution in [2.45, 2.75) is 24.7 Å². The summed E-state index contributed by atoms with van der Waals surface area (Å²) in [5.41, 5.74) is 2.30. The summed E-state index contributed by atoms with van der Waals surface area (Å²) in [7, 11) is -7.22. The van der Waals surface area contributed by atoms with E-state index in [1.807, 2.05) is 0 Å². The van der Waals surface area contributed by atoms with Crippen molar-refractivity contribution in [3.05, 3.63) is 52.0 Å². The second kappa shape index (κ2) is 6.86. The van der Waals surface area contributed by atoms with Crippen LogP contribution >= 0.6 is 15.9 Å². The van der Waals surface area contributed by atoms with E-state index in [1.54, 1.807) is 43.3 Å². The number of aryl methyl sites for hydroxylation is 1. The molecule has 140 valence electrons. The van der Waals surface area contributed by atoms with Gasteiger partial charge in [0.1, 0.15) is 0 Å². The summed E-state index contributed by atoms with van der Waals surface area (Å²) < 4.78 is 54.4. The van der Waals surface area contributed by atoms with E-state index in [-0.39, 0.29) is 4.90 Å². The molecule has 0 saturated heterocycles. The Morgan fingerprint density at radius 2 is 1.85 bits per heavy atom. The third-order valence-electron chi connectivity index (χ3n) is 4.22. The van der Waals surface area contributed by atoms with Crippen LogP contribution in [0.3, 0.4) is 0 Å². The lowest BCUT2D eigenvalue weighted by Gasteiger charge is -2.32. The van der Waals surface area contributed by atoms with Gasteiger partial charge in [-0.3, -0.25) is 9.03 Å². The molecule has 0 radical (unpaired) electrons. The second-order valence-electron chi connectivity index (χ2n) is 6.27. The Morgan fingerprint density at radius 3 is 2.54 bits per heavy atom. The number of hydrogen-bond donors (Lipinski definition) is 1. The van der Waals surface area contributed by atoms with E-state index in [2.05, 4.69) is 20.7 Å². The third kappa shape index (κ3) is 3.74. The number of rotatable bonds is 4. The molecule has 0 atom stereocenters. The zero-order valence-electron chi connectivity index (χ0n) is 14.4. The highest BCUT2D eigenvalue weighted by Gasteiger charge is 2.31. The number of fused-ring (bicyclic) bond motifs is 1. The lowest BCUT2D eigenvalue weighted by atomic mass is 10.0. The molecule has 0 fully saturated rings. The molecule has 2 aromatic carbocycles. The van der Waals surface area contributed by atoms with Gasteiger partial charge in [-0.2, -0.15) is 0 Å². The van der Waals surface area contributed by atoms with Crippen molar-refractivity contribution in [2.24, 2.45) is 0 Å². The Kier molecular flexibility index (Phi) is 5.06. The van der Waals surface area contributed by atoms with Gasteiger partial charge in [0, 0.05) is 16.6 Å². The molecule has 0 aliphatic carbocycles. The zero-order valence-corrected chi connectivity index (χ0v) is 17.6. The molecular formula is C17H19BrN2O4S2. The van der Waals surface area contributed by atoms with Gasteiger partial charge in [-0.05, 0) is 49.6 Å². The van der Waals surface area contributed by atoms with Crippen molar-refractivity contribution in [1.82, 2.24) is 0 Å². The molecule has 0 aromatic heterocycles. The first-order chi connectivity index (χ1) is 12.1. The maximum atomic E-state index is 13.3. The van der Waals surface area contributed by atoms with Gasteiger partial charge in [-0.1, -0.05) is 28.1 Å². The van der Waals surface area contributed by atoms with Crippen LogP contribution in [-0.2, 0) is 26.5 Å². The van der Waals surface area contributed by atoms with Gasteiger partial charge in [0.05, 0.1) is 22.5 Å². The predicted octanol–water partition coefficient (Wildman–Crippen LogP) is 3.27. The maximum Gasteiger partial charge on any atom is 0.264 e. The van der Waals surface area contributed by atoms with Crippen molar-refractivity contribution >= 4 is 47.4 Å². The van der Waals surface area contributed by atoms with Gasteiger partial charge in [-0.15, -0.1) is 0 Å². The summed E-state index contributed by atoms with van der Waals surface area (Å²) in [6.45, 7) is 2.11. The Labute approximate surface area is 162 Å². The van der Waals surface area contributed by atoms with Crippen LogP contribution in [0.25, 0.3) is 0 Å². The van der Waals surface area contributed by atoms with E-state index in [0.717, 1.165) is 6.26 Å². The first-order valence-corrected chi connectivity index (χ1v) is 12.1. The molecule has 26 heavy (non-hydrogen) atoms. The lowest BCUT2D eigenvalue weighted by molar-refractivity contribution is 0.586. The quantitative estimate of drug-likeness (QED) is 0.761. The number of benzene rings is 2. The number of hydrogen-bond acceptors (Lipinski definition) is 4. The minimum Gasteiger partial charge on any atom is -0.283 e. The first kappa shape index (κ1) is 19.2. The van der Waals surface area contributed by atoms with Crippen molar-refractivity contribution in [3.63, 3.8) is 0 Å². The largest absolute Gasteiger partial charge is 0.283 e. The Morgan fingerprint density at radius 1 is 1.12 bits per heavy atom. The first-order valence-electron chi connectivity index (χ1n) is 7.98. The van der Waals surface area contributed by atoms with Crippen molar-refractivity contribution in [2.75, 3.05) is 21.8 Å². The number of sulfonamides is 2. The van der Waals surface area contributed by atoms with E-state index in [9.17, 15) is 16.8 Å². The molecule has 0 bridgehead atoms. The Hall–Kier alpha value is -1.58. The fourth-order valence-electron chi connectivity index (χ4n) is 3.11. The number of nitrogens with zero attached hydrogens (tertiary/aromatic N) is 1. The normalized spacial score (nSPS) is 14.8. The van der Waals surface area contributed by atoms with E-state index < -0.39 is 20.0 Å². The molecule has 2 aromatic rings. The smallest absolute Gasteiger partial charge is 0.264 e. The third-order valence-corrected chi connectivity index (χ3v) is 7.26. The maximum absolute atomic E-state index is 13.3. The van der Waals surface area contributed by atoms with Crippen LogP contribution in [0.15, 0.2) is 45.8 Å². The lowest BCUT2D eigenvalue weighted by Crippen LogP contribution is -2.36. The molecule has 0 saturated carbocycles. The molecule has 9 heteroatoms. The van der Waals surface area contributed by atoms with Gasteiger partial charge in [-0.25, -0.2) is 16.8 Å². The minimum atomic E-state index is -3.76. The van der Waals surface area contributed by atoms with Crippen LogP contribution in [0.5, 0.6) is 0 Å². The summed E-state index contributed by atoms with van der Waals surface area (Å²) in [6.07, 6.45) is 2.30. The summed E-state index contributed by atoms with van der Waals surface area (Å²) in [5.74, 6) is 0. The van der Waals surface area contributed by atoms with Crippen molar-refractivity contribution in [3.8, 4) is 0 Å². The molecule has 1 heterocycles. The van der Waals surface area contributed by atoms with Crippen molar-refractivity contribution < 1.29 is 16.8 Å². The molecule has 3 rings (SSSR count). The average Bonchev–Trinajstić information content (AvgIpc) is 2.55. The fraction of sp³-hybridized carbons (Fsp3) is 0.294. The summed E-state index contributed by atoms with van der Waals surface area (Å²) in [6, 6.07) is 10.2. The zero-order chi connectivity index (χ0) is 19.1. The monoisotopic (exact) mass is 458 g/mol. The van der Waals surface area contributed by atoms with E-state index >= 15 is 0 Å². The van der Waals surface area contributed by atoms with E-state index in [0.29, 0.717) is 46.4 Å². The molecule has 0 spiro atoms. The summed E-state index contributed by atoms with van der Waals surface area (Å²) in [5, 5.41) is 0.